The monoisotopic (exact) mass is 525 g/mol. The van der Waals surface area contributed by atoms with Crippen molar-refractivity contribution in [3.05, 3.63) is 113 Å². The number of aryl methyl sites for hydroxylation is 5. The van der Waals surface area contributed by atoms with Crippen LogP contribution in [0.25, 0.3) is 33.7 Å². The Morgan fingerprint density at radius 3 is 2.52 bits per heavy atom. The van der Waals surface area contributed by atoms with Crippen molar-refractivity contribution >= 4 is 11.2 Å². The van der Waals surface area contributed by atoms with Gasteiger partial charge in [0.15, 0.2) is 11.5 Å². The summed E-state index contributed by atoms with van der Waals surface area (Å²) >= 11 is 0. The van der Waals surface area contributed by atoms with Crippen LogP contribution in [-0.4, -0.2) is 35.2 Å². The van der Waals surface area contributed by atoms with E-state index < -0.39 is 0 Å². The molecule has 0 unspecified atom stereocenters. The van der Waals surface area contributed by atoms with E-state index in [0.29, 0.717) is 5.82 Å². The Hall–Kier alpha value is -4.65. The van der Waals surface area contributed by atoms with Gasteiger partial charge in [-0.3, -0.25) is 0 Å². The number of aromatic amines is 1. The summed E-state index contributed by atoms with van der Waals surface area (Å²) in [5, 5.41) is 14.6. The highest BCUT2D eigenvalue weighted by Crippen LogP contribution is 2.40. The van der Waals surface area contributed by atoms with Crippen LogP contribution in [0, 0.1) is 6.92 Å². The molecular weight excluding hydrogens is 494 g/mol. The zero-order valence-corrected chi connectivity index (χ0v) is 22.8. The number of pyridine rings is 1. The lowest BCUT2D eigenvalue weighted by Crippen LogP contribution is -2.12. The van der Waals surface area contributed by atoms with Crippen molar-refractivity contribution < 1.29 is 0 Å². The van der Waals surface area contributed by atoms with Crippen LogP contribution in [-0.2, 0) is 25.7 Å². The summed E-state index contributed by atoms with van der Waals surface area (Å²) in [4.78, 5) is 10.3. The van der Waals surface area contributed by atoms with E-state index in [1.165, 1.54) is 27.8 Å². The van der Waals surface area contributed by atoms with Crippen LogP contribution in [0.2, 0.25) is 0 Å². The highest BCUT2D eigenvalue weighted by atomic mass is 15.5. The molecule has 1 aliphatic carbocycles. The largest absolute Gasteiger partial charge is 0.305 e. The third-order valence-electron chi connectivity index (χ3n) is 8.13. The lowest BCUT2D eigenvalue weighted by molar-refractivity contribution is 0.566. The molecule has 3 aromatic heterocycles. The van der Waals surface area contributed by atoms with Gasteiger partial charge in [0.2, 0.25) is 0 Å². The summed E-state index contributed by atoms with van der Waals surface area (Å²) in [7, 11) is 0. The molecule has 3 heterocycles. The minimum Gasteiger partial charge on any atom is -0.305 e. The lowest BCUT2D eigenvalue weighted by atomic mass is 9.96. The maximum atomic E-state index is 5.22. The van der Waals surface area contributed by atoms with Crippen molar-refractivity contribution in [2.45, 2.75) is 52.0 Å². The Labute approximate surface area is 233 Å². The van der Waals surface area contributed by atoms with E-state index in [-0.39, 0.29) is 6.04 Å². The second kappa shape index (κ2) is 10.2. The molecule has 0 amide bonds. The molecule has 1 aliphatic rings. The van der Waals surface area contributed by atoms with Crippen molar-refractivity contribution in [3.8, 4) is 22.5 Å². The van der Waals surface area contributed by atoms with E-state index in [4.69, 9.17) is 9.97 Å². The first-order valence-corrected chi connectivity index (χ1v) is 14.1. The maximum Gasteiger partial charge on any atom is 0.180 e. The summed E-state index contributed by atoms with van der Waals surface area (Å²) in [6, 6.07) is 28.2. The van der Waals surface area contributed by atoms with E-state index in [1.54, 1.807) is 0 Å². The van der Waals surface area contributed by atoms with E-state index in [0.717, 1.165) is 65.9 Å². The molecule has 0 bridgehead atoms. The fraction of sp³-hybridized carbons (Fsp3) is 0.242. The number of hydrogen-bond donors (Lipinski definition) is 1. The highest BCUT2D eigenvalue weighted by Gasteiger charge is 2.29. The van der Waals surface area contributed by atoms with Crippen molar-refractivity contribution in [2.75, 3.05) is 0 Å². The third-order valence-corrected chi connectivity index (χ3v) is 8.13. The Morgan fingerprint density at radius 1 is 0.900 bits per heavy atom. The van der Waals surface area contributed by atoms with Gasteiger partial charge in [-0.05, 0) is 82.5 Å². The van der Waals surface area contributed by atoms with Gasteiger partial charge in [0.1, 0.15) is 11.3 Å². The molecule has 6 aromatic rings. The average molecular weight is 526 g/mol. The molecule has 3 aromatic carbocycles. The van der Waals surface area contributed by atoms with Gasteiger partial charge in [-0.15, -0.1) is 5.10 Å². The van der Waals surface area contributed by atoms with Gasteiger partial charge < -0.3 is 4.57 Å². The van der Waals surface area contributed by atoms with Gasteiger partial charge in [-0.2, -0.15) is 0 Å². The smallest absolute Gasteiger partial charge is 0.180 e. The molecule has 7 nitrogen and oxygen atoms in total. The second-order valence-electron chi connectivity index (χ2n) is 10.6. The highest BCUT2D eigenvalue weighted by molar-refractivity contribution is 5.81. The minimum absolute atomic E-state index is 0.231. The van der Waals surface area contributed by atoms with Crippen LogP contribution < -0.4 is 0 Å². The van der Waals surface area contributed by atoms with Crippen LogP contribution in [0.4, 0.5) is 0 Å². The Kier molecular flexibility index (Phi) is 6.19. The summed E-state index contributed by atoms with van der Waals surface area (Å²) in [6.07, 6.45) is 4.83. The molecule has 7 heteroatoms. The molecular formula is C33H31N7. The van der Waals surface area contributed by atoms with Gasteiger partial charge in [0.05, 0.1) is 6.04 Å². The van der Waals surface area contributed by atoms with Crippen molar-refractivity contribution in [3.63, 3.8) is 0 Å². The number of nitrogens with one attached hydrogen (secondary N) is 1. The van der Waals surface area contributed by atoms with Crippen LogP contribution in [0.15, 0.2) is 78.9 Å². The molecule has 0 saturated heterocycles. The first-order valence-electron chi connectivity index (χ1n) is 14.1. The summed E-state index contributed by atoms with van der Waals surface area (Å²) in [5.74, 6) is 1.78. The van der Waals surface area contributed by atoms with Crippen molar-refractivity contribution in [2.24, 2.45) is 0 Å². The van der Waals surface area contributed by atoms with Crippen LogP contribution >= 0.6 is 0 Å². The number of aromatic nitrogens is 7. The fourth-order valence-electron chi connectivity index (χ4n) is 6.19. The normalized spacial score (nSPS) is 14.6. The van der Waals surface area contributed by atoms with E-state index in [2.05, 4.69) is 112 Å². The number of hydrogen-bond acceptors (Lipinski definition) is 5. The number of tetrazole rings is 1. The molecule has 0 spiro atoms. The molecule has 7 rings (SSSR count). The fourth-order valence-corrected chi connectivity index (χ4v) is 6.19. The van der Waals surface area contributed by atoms with Gasteiger partial charge in [0, 0.05) is 17.7 Å². The van der Waals surface area contributed by atoms with Crippen LogP contribution in [0.1, 0.15) is 53.2 Å². The number of rotatable bonds is 7. The zero-order chi connectivity index (χ0) is 27.1. The quantitative estimate of drug-likeness (QED) is 0.258. The molecule has 0 saturated carbocycles. The van der Waals surface area contributed by atoms with Crippen LogP contribution in [0.5, 0.6) is 0 Å². The first kappa shape index (κ1) is 24.4. The van der Waals surface area contributed by atoms with Gasteiger partial charge in [0.25, 0.3) is 0 Å². The van der Waals surface area contributed by atoms with Gasteiger partial charge in [-0.25, -0.2) is 15.1 Å². The predicted molar refractivity (Wildman–Crippen MR) is 157 cm³/mol. The molecule has 1 N–H and O–H groups in total. The topological polar surface area (TPSA) is 85.2 Å². The van der Waals surface area contributed by atoms with Crippen molar-refractivity contribution in [1.29, 1.82) is 0 Å². The number of nitrogens with zero attached hydrogens (tertiary/aromatic N) is 6. The average Bonchev–Trinajstić information content (AvgIpc) is 3.75. The zero-order valence-electron chi connectivity index (χ0n) is 22.8. The molecule has 40 heavy (non-hydrogen) atoms. The second-order valence-corrected chi connectivity index (χ2v) is 10.6. The standard InChI is InChI=1S/C33H31N7/c1-3-30-35-31-21(2)19-25(16-13-22-9-5-4-6-10-22)34-33(31)40(30)29-18-15-24-20-23(14-17-27(24)29)26-11-7-8-12-28(26)32-36-38-39-37-32/h4-12,14,17,19-20,29H,3,13,15-16,18H2,1-2H3,(H,36,37,38,39)/t29-/m0/s1. The molecule has 0 aliphatic heterocycles. The minimum atomic E-state index is 0.231. The molecule has 0 fully saturated rings. The predicted octanol–water partition coefficient (Wildman–Crippen LogP) is 6.47. The SMILES string of the molecule is CCc1nc2c(C)cc(CCc3ccccc3)nc2n1[C@H]1CCc2cc(-c3ccccc3-c3nnn[nH]3)ccc21. The number of imidazole rings is 1. The number of benzene rings is 3. The van der Waals surface area contributed by atoms with Gasteiger partial charge in [-0.1, -0.05) is 79.7 Å². The van der Waals surface area contributed by atoms with E-state index in [1.807, 2.05) is 6.07 Å². The third kappa shape index (κ3) is 4.28. The number of H-pyrrole nitrogens is 1. The Bertz CT molecular complexity index is 1800. The van der Waals surface area contributed by atoms with Crippen LogP contribution in [0.3, 0.4) is 0 Å². The lowest BCUT2D eigenvalue weighted by Gasteiger charge is -2.18. The first-order chi connectivity index (χ1) is 19.7. The van der Waals surface area contributed by atoms with Crippen molar-refractivity contribution in [1.82, 2.24) is 35.2 Å². The summed E-state index contributed by atoms with van der Waals surface area (Å²) < 4.78 is 2.42. The van der Waals surface area contributed by atoms with E-state index in [9.17, 15) is 0 Å². The maximum absolute atomic E-state index is 5.22. The summed E-state index contributed by atoms with van der Waals surface area (Å²) in [6.45, 7) is 4.36. The van der Waals surface area contributed by atoms with E-state index >= 15 is 0 Å². The Morgan fingerprint density at radius 2 is 1.73 bits per heavy atom. The Balaban J connectivity index is 1.26. The van der Waals surface area contributed by atoms with Gasteiger partial charge >= 0.3 is 0 Å². The molecule has 1 atom stereocenters. The molecule has 198 valence electrons. The number of fused-ring (bicyclic) bond motifs is 2. The summed E-state index contributed by atoms with van der Waals surface area (Å²) in [5.41, 5.74) is 11.8. The molecule has 0 radical (unpaired) electrons.